The van der Waals surface area contributed by atoms with Crippen molar-refractivity contribution in [1.82, 2.24) is 9.88 Å². The summed E-state index contributed by atoms with van der Waals surface area (Å²) in [5, 5.41) is 5.70. The fourth-order valence-corrected chi connectivity index (χ4v) is 3.44. The number of hydrogen-bond donors (Lipinski definition) is 2. The SMILES string of the molecule is COCCN(CCOC)C(=O)c1sc(NC(=O)Nc2ccccc2OC)nc1C. The first-order valence-corrected chi connectivity index (χ1v) is 9.77. The van der Waals surface area contributed by atoms with Crippen LogP contribution in [-0.2, 0) is 9.47 Å². The number of anilines is 2. The minimum atomic E-state index is -0.474. The van der Waals surface area contributed by atoms with E-state index in [4.69, 9.17) is 14.2 Å². The summed E-state index contributed by atoms with van der Waals surface area (Å²) in [4.78, 5) is 31.6. The first kappa shape index (κ1) is 22.6. The van der Waals surface area contributed by atoms with Gasteiger partial charge >= 0.3 is 6.03 Å². The van der Waals surface area contributed by atoms with Crippen molar-refractivity contribution >= 4 is 34.1 Å². The molecule has 29 heavy (non-hydrogen) atoms. The van der Waals surface area contributed by atoms with Gasteiger partial charge in [-0.3, -0.25) is 10.1 Å². The molecule has 2 aromatic rings. The molecule has 10 heteroatoms. The van der Waals surface area contributed by atoms with Crippen LogP contribution in [0.15, 0.2) is 24.3 Å². The summed E-state index contributed by atoms with van der Waals surface area (Å²) >= 11 is 1.12. The third-order valence-corrected chi connectivity index (χ3v) is 5.05. The Balaban J connectivity index is 2.08. The molecule has 0 aliphatic heterocycles. The minimum absolute atomic E-state index is 0.174. The van der Waals surface area contributed by atoms with E-state index in [-0.39, 0.29) is 5.91 Å². The van der Waals surface area contributed by atoms with E-state index in [0.717, 1.165) is 11.3 Å². The molecule has 1 heterocycles. The normalized spacial score (nSPS) is 10.5. The fourth-order valence-electron chi connectivity index (χ4n) is 2.51. The van der Waals surface area contributed by atoms with Gasteiger partial charge in [0.15, 0.2) is 5.13 Å². The Morgan fingerprint density at radius 3 is 2.34 bits per heavy atom. The van der Waals surface area contributed by atoms with Gasteiger partial charge in [-0.2, -0.15) is 0 Å². The quantitative estimate of drug-likeness (QED) is 0.610. The van der Waals surface area contributed by atoms with Crippen LogP contribution >= 0.6 is 11.3 Å². The van der Waals surface area contributed by atoms with Crippen LogP contribution in [0.1, 0.15) is 15.4 Å². The van der Waals surface area contributed by atoms with E-state index in [1.807, 2.05) is 6.07 Å². The van der Waals surface area contributed by atoms with E-state index in [1.165, 1.54) is 7.11 Å². The number of aromatic nitrogens is 1. The fraction of sp³-hybridized carbons (Fsp3) is 0.421. The maximum atomic E-state index is 12.9. The number of nitrogens with zero attached hydrogens (tertiary/aromatic N) is 2. The molecule has 0 saturated carbocycles. The summed E-state index contributed by atoms with van der Waals surface area (Å²) in [5.74, 6) is 0.369. The molecule has 1 aromatic carbocycles. The van der Waals surface area contributed by atoms with Crippen molar-refractivity contribution in [2.24, 2.45) is 0 Å². The molecule has 158 valence electrons. The van der Waals surface area contributed by atoms with E-state index in [0.29, 0.717) is 53.4 Å². The number of methoxy groups -OCH3 is 3. The number of nitrogens with one attached hydrogen (secondary N) is 2. The monoisotopic (exact) mass is 422 g/mol. The molecule has 0 bridgehead atoms. The number of thiazole rings is 1. The molecule has 2 N–H and O–H groups in total. The summed E-state index contributed by atoms with van der Waals surface area (Å²) in [6.07, 6.45) is 0. The second kappa shape index (κ2) is 11.3. The average Bonchev–Trinajstić information content (AvgIpc) is 3.07. The lowest BCUT2D eigenvalue weighted by Crippen LogP contribution is -2.36. The number of carbonyl (C=O) groups excluding carboxylic acids is 2. The van der Waals surface area contributed by atoms with Crippen molar-refractivity contribution in [2.45, 2.75) is 6.92 Å². The van der Waals surface area contributed by atoms with Gasteiger partial charge in [0, 0.05) is 27.3 Å². The number of benzene rings is 1. The highest BCUT2D eigenvalue weighted by Crippen LogP contribution is 2.26. The van der Waals surface area contributed by atoms with Crippen molar-refractivity contribution in [3.63, 3.8) is 0 Å². The van der Waals surface area contributed by atoms with Crippen LogP contribution in [0.4, 0.5) is 15.6 Å². The van der Waals surface area contributed by atoms with Gasteiger partial charge in [-0.15, -0.1) is 0 Å². The summed E-state index contributed by atoms with van der Waals surface area (Å²) in [6, 6.07) is 6.59. The molecule has 0 spiro atoms. The third kappa shape index (κ3) is 6.41. The molecule has 0 fully saturated rings. The number of ether oxygens (including phenoxy) is 3. The summed E-state index contributed by atoms with van der Waals surface area (Å²) in [7, 11) is 4.69. The Hall–Kier alpha value is -2.69. The predicted octanol–water partition coefficient (Wildman–Crippen LogP) is 2.84. The van der Waals surface area contributed by atoms with Gasteiger partial charge in [0.25, 0.3) is 5.91 Å². The minimum Gasteiger partial charge on any atom is -0.495 e. The molecule has 0 aliphatic carbocycles. The lowest BCUT2D eigenvalue weighted by molar-refractivity contribution is 0.0631. The van der Waals surface area contributed by atoms with E-state index < -0.39 is 6.03 Å². The van der Waals surface area contributed by atoms with Gasteiger partial charge in [-0.1, -0.05) is 23.5 Å². The Morgan fingerprint density at radius 2 is 1.72 bits per heavy atom. The van der Waals surface area contributed by atoms with Crippen molar-refractivity contribution in [1.29, 1.82) is 0 Å². The lowest BCUT2D eigenvalue weighted by Gasteiger charge is -2.21. The van der Waals surface area contributed by atoms with E-state index in [2.05, 4.69) is 15.6 Å². The zero-order chi connectivity index (χ0) is 21.2. The number of rotatable bonds is 10. The number of aryl methyl sites for hydroxylation is 1. The van der Waals surface area contributed by atoms with Crippen molar-refractivity contribution in [2.75, 3.05) is 58.3 Å². The smallest absolute Gasteiger partial charge is 0.325 e. The van der Waals surface area contributed by atoms with Gasteiger partial charge in [0.05, 0.1) is 31.7 Å². The molecular weight excluding hydrogens is 396 g/mol. The second-order valence-electron chi connectivity index (χ2n) is 5.99. The maximum absolute atomic E-state index is 12.9. The third-order valence-electron chi connectivity index (χ3n) is 3.98. The summed E-state index contributed by atoms with van der Waals surface area (Å²) in [6.45, 7) is 3.44. The highest BCUT2D eigenvalue weighted by molar-refractivity contribution is 7.17. The highest BCUT2D eigenvalue weighted by Gasteiger charge is 2.22. The number of urea groups is 1. The molecule has 0 saturated heterocycles. The van der Waals surface area contributed by atoms with Crippen LogP contribution in [0.3, 0.4) is 0 Å². The van der Waals surface area contributed by atoms with Gasteiger partial charge in [0.1, 0.15) is 10.6 Å². The number of hydrogen-bond acceptors (Lipinski definition) is 7. The Kier molecular flexibility index (Phi) is 8.84. The molecule has 0 aliphatic rings. The average molecular weight is 423 g/mol. The Morgan fingerprint density at radius 1 is 1.07 bits per heavy atom. The molecule has 0 atom stereocenters. The highest BCUT2D eigenvalue weighted by atomic mass is 32.1. The summed E-state index contributed by atoms with van der Waals surface area (Å²) < 4.78 is 15.4. The molecule has 2 rings (SSSR count). The molecule has 1 aromatic heterocycles. The predicted molar refractivity (Wildman–Crippen MR) is 112 cm³/mol. The zero-order valence-electron chi connectivity index (χ0n) is 17.0. The molecule has 3 amide bonds. The lowest BCUT2D eigenvalue weighted by atomic mass is 10.3. The van der Waals surface area contributed by atoms with Crippen LogP contribution in [0, 0.1) is 6.92 Å². The van der Waals surface area contributed by atoms with Crippen LogP contribution in [0.5, 0.6) is 5.75 Å². The largest absolute Gasteiger partial charge is 0.495 e. The first-order chi connectivity index (χ1) is 14.0. The van der Waals surface area contributed by atoms with Crippen molar-refractivity contribution < 1.29 is 23.8 Å². The van der Waals surface area contributed by atoms with E-state index in [1.54, 1.807) is 44.2 Å². The van der Waals surface area contributed by atoms with Gasteiger partial charge in [-0.05, 0) is 19.1 Å². The van der Waals surface area contributed by atoms with Crippen molar-refractivity contribution in [3.8, 4) is 5.75 Å². The number of amides is 3. The maximum Gasteiger partial charge on any atom is 0.325 e. The number of carbonyl (C=O) groups is 2. The first-order valence-electron chi connectivity index (χ1n) is 8.95. The molecule has 0 radical (unpaired) electrons. The standard InChI is InChI=1S/C19H26N4O5S/c1-13-16(17(24)23(9-11-26-2)10-12-27-3)29-19(20-13)22-18(25)21-14-7-5-6-8-15(14)28-4/h5-8H,9-12H2,1-4H3,(H2,20,21,22,25). The summed E-state index contributed by atoms with van der Waals surface area (Å²) in [5.41, 5.74) is 1.08. The zero-order valence-corrected chi connectivity index (χ0v) is 17.8. The van der Waals surface area contributed by atoms with E-state index >= 15 is 0 Å². The Labute approximate surface area is 174 Å². The second-order valence-corrected chi connectivity index (χ2v) is 6.99. The van der Waals surface area contributed by atoms with Crippen molar-refractivity contribution in [3.05, 3.63) is 34.8 Å². The van der Waals surface area contributed by atoms with Crippen LogP contribution in [0.25, 0.3) is 0 Å². The number of para-hydroxylation sites is 2. The molecule has 0 unspecified atom stereocenters. The Bertz CT molecular complexity index is 819. The topological polar surface area (TPSA) is 102 Å². The molecular formula is C19H26N4O5S. The van der Waals surface area contributed by atoms with Crippen LogP contribution in [-0.4, -0.2) is 69.5 Å². The van der Waals surface area contributed by atoms with Gasteiger partial charge in [0.2, 0.25) is 0 Å². The van der Waals surface area contributed by atoms with E-state index in [9.17, 15) is 9.59 Å². The van der Waals surface area contributed by atoms with Gasteiger partial charge in [-0.25, -0.2) is 9.78 Å². The van der Waals surface area contributed by atoms with Crippen LogP contribution in [0.2, 0.25) is 0 Å². The van der Waals surface area contributed by atoms with Crippen LogP contribution < -0.4 is 15.4 Å². The van der Waals surface area contributed by atoms with Gasteiger partial charge < -0.3 is 24.4 Å². The molecule has 9 nitrogen and oxygen atoms in total.